The predicted molar refractivity (Wildman–Crippen MR) is 85.4 cm³/mol. The molecule has 114 valence electrons. The van der Waals surface area contributed by atoms with Crippen molar-refractivity contribution in [1.29, 1.82) is 0 Å². The zero-order valence-corrected chi connectivity index (χ0v) is 14.1. The molecule has 0 radical (unpaired) electrons. The lowest BCUT2D eigenvalue weighted by Gasteiger charge is -2.37. The summed E-state index contributed by atoms with van der Waals surface area (Å²) in [7, 11) is -3.59. The molecule has 1 atom stereocenters. The Labute approximate surface area is 136 Å². The van der Waals surface area contributed by atoms with Crippen LogP contribution in [0, 0.1) is 5.92 Å². The Morgan fingerprint density at radius 2 is 2.10 bits per heavy atom. The van der Waals surface area contributed by atoms with Crippen LogP contribution < -0.4 is 4.72 Å². The molecular formula is C13H14ClNO3S3. The van der Waals surface area contributed by atoms with E-state index in [1.165, 1.54) is 17.4 Å². The van der Waals surface area contributed by atoms with Crippen LogP contribution in [0.4, 0.5) is 0 Å². The standard InChI is InChI=1S/C13H14ClNO3S3/c14-11-3-4-12(20-11)21(17,18)15-13(8-6-9(16)7-8)10-2-1-5-19-10/h1-5,8-9,13,15-16H,6-7H2/t8?,9?,13-/m0/s1. The van der Waals surface area contributed by atoms with Crippen molar-refractivity contribution in [3.05, 3.63) is 38.9 Å². The number of aliphatic hydroxyl groups is 1. The molecule has 0 saturated heterocycles. The van der Waals surface area contributed by atoms with E-state index in [-0.39, 0.29) is 22.3 Å². The molecule has 1 aliphatic rings. The minimum atomic E-state index is -3.59. The first-order valence-corrected chi connectivity index (χ1v) is 10.0. The van der Waals surface area contributed by atoms with Crippen molar-refractivity contribution in [1.82, 2.24) is 4.72 Å². The van der Waals surface area contributed by atoms with Gasteiger partial charge in [-0.3, -0.25) is 0 Å². The summed E-state index contributed by atoms with van der Waals surface area (Å²) in [6.07, 6.45) is 0.921. The maximum absolute atomic E-state index is 12.5. The van der Waals surface area contributed by atoms with Crippen LogP contribution in [-0.2, 0) is 10.0 Å². The maximum Gasteiger partial charge on any atom is 0.250 e. The maximum atomic E-state index is 12.5. The van der Waals surface area contributed by atoms with E-state index in [0.717, 1.165) is 16.2 Å². The van der Waals surface area contributed by atoms with Gasteiger partial charge in [0.05, 0.1) is 16.5 Å². The quantitative estimate of drug-likeness (QED) is 0.856. The fourth-order valence-electron chi connectivity index (χ4n) is 2.42. The van der Waals surface area contributed by atoms with Gasteiger partial charge in [-0.1, -0.05) is 17.7 Å². The molecule has 3 rings (SSSR count). The van der Waals surface area contributed by atoms with E-state index < -0.39 is 10.0 Å². The Balaban J connectivity index is 1.84. The largest absolute Gasteiger partial charge is 0.393 e. The summed E-state index contributed by atoms with van der Waals surface area (Å²) in [4.78, 5) is 0.970. The number of rotatable bonds is 5. The van der Waals surface area contributed by atoms with Crippen molar-refractivity contribution >= 4 is 44.3 Å². The van der Waals surface area contributed by atoms with Crippen molar-refractivity contribution in [2.45, 2.75) is 29.2 Å². The molecule has 2 aromatic heterocycles. The molecule has 8 heteroatoms. The van der Waals surface area contributed by atoms with Crippen molar-refractivity contribution in [2.75, 3.05) is 0 Å². The Morgan fingerprint density at radius 1 is 1.33 bits per heavy atom. The summed E-state index contributed by atoms with van der Waals surface area (Å²) < 4.78 is 28.4. The van der Waals surface area contributed by atoms with E-state index in [9.17, 15) is 13.5 Å². The van der Waals surface area contributed by atoms with E-state index in [0.29, 0.717) is 17.2 Å². The smallest absolute Gasteiger partial charge is 0.250 e. The van der Waals surface area contributed by atoms with Crippen molar-refractivity contribution < 1.29 is 13.5 Å². The summed E-state index contributed by atoms with van der Waals surface area (Å²) in [5.41, 5.74) is 0. The molecular weight excluding hydrogens is 350 g/mol. The van der Waals surface area contributed by atoms with Crippen LogP contribution in [0.15, 0.2) is 33.9 Å². The Kier molecular flexibility index (Phi) is 4.40. The Hall–Kier alpha value is -0.440. The van der Waals surface area contributed by atoms with E-state index in [1.54, 1.807) is 6.07 Å². The van der Waals surface area contributed by atoms with Gasteiger partial charge in [-0.25, -0.2) is 13.1 Å². The third-order valence-electron chi connectivity index (χ3n) is 3.57. The third kappa shape index (κ3) is 3.33. The lowest BCUT2D eigenvalue weighted by atomic mass is 9.77. The molecule has 0 spiro atoms. The second kappa shape index (κ2) is 5.98. The first kappa shape index (κ1) is 15.5. The normalized spacial score (nSPS) is 23.7. The van der Waals surface area contributed by atoms with Gasteiger partial charge in [-0.15, -0.1) is 22.7 Å². The first-order chi connectivity index (χ1) is 9.95. The number of halogens is 1. The molecule has 0 aromatic carbocycles. The number of sulfonamides is 1. The number of thiophene rings is 2. The number of aliphatic hydroxyl groups excluding tert-OH is 1. The third-order valence-corrected chi connectivity index (χ3v) is 7.69. The van der Waals surface area contributed by atoms with Crippen LogP contribution >= 0.6 is 34.3 Å². The fourth-order valence-corrected chi connectivity index (χ4v) is 6.15. The molecule has 4 nitrogen and oxygen atoms in total. The van der Waals surface area contributed by atoms with Gasteiger partial charge >= 0.3 is 0 Å². The highest BCUT2D eigenvalue weighted by Gasteiger charge is 2.37. The van der Waals surface area contributed by atoms with Gasteiger partial charge < -0.3 is 5.11 Å². The van der Waals surface area contributed by atoms with Crippen LogP contribution in [0.3, 0.4) is 0 Å². The number of hydrogen-bond donors (Lipinski definition) is 2. The number of hydrogen-bond acceptors (Lipinski definition) is 5. The van der Waals surface area contributed by atoms with E-state index in [1.807, 2.05) is 17.5 Å². The summed E-state index contributed by atoms with van der Waals surface area (Å²) in [6.45, 7) is 0. The monoisotopic (exact) mass is 363 g/mol. The molecule has 21 heavy (non-hydrogen) atoms. The van der Waals surface area contributed by atoms with Crippen molar-refractivity contribution in [2.24, 2.45) is 5.92 Å². The molecule has 2 aromatic rings. The van der Waals surface area contributed by atoms with E-state index >= 15 is 0 Å². The second-order valence-electron chi connectivity index (χ2n) is 5.06. The molecule has 0 aliphatic heterocycles. The van der Waals surface area contributed by atoms with Crippen molar-refractivity contribution in [3.63, 3.8) is 0 Å². The van der Waals surface area contributed by atoms with Gasteiger partial charge in [0.1, 0.15) is 4.21 Å². The van der Waals surface area contributed by atoms with Gasteiger partial charge in [0, 0.05) is 4.88 Å². The highest BCUT2D eigenvalue weighted by molar-refractivity contribution is 7.91. The van der Waals surface area contributed by atoms with Crippen LogP contribution in [-0.4, -0.2) is 19.6 Å². The fraction of sp³-hybridized carbons (Fsp3) is 0.385. The van der Waals surface area contributed by atoms with Gasteiger partial charge in [0.15, 0.2) is 0 Å². The topological polar surface area (TPSA) is 66.4 Å². The lowest BCUT2D eigenvalue weighted by Crippen LogP contribution is -2.40. The van der Waals surface area contributed by atoms with Gasteiger partial charge in [-0.2, -0.15) is 0 Å². The molecule has 1 saturated carbocycles. The average molecular weight is 364 g/mol. The molecule has 0 bridgehead atoms. The van der Waals surface area contributed by atoms with E-state index in [2.05, 4.69) is 4.72 Å². The summed E-state index contributed by atoms with van der Waals surface area (Å²) >= 11 is 8.38. The van der Waals surface area contributed by atoms with Crippen LogP contribution in [0.1, 0.15) is 23.8 Å². The van der Waals surface area contributed by atoms with Gasteiger partial charge in [-0.05, 0) is 42.3 Å². The molecule has 0 unspecified atom stereocenters. The second-order valence-corrected chi connectivity index (χ2v) is 9.69. The van der Waals surface area contributed by atoms with E-state index in [4.69, 9.17) is 11.6 Å². The summed E-state index contributed by atoms with van der Waals surface area (Å²) in [6, 6.07) is 6.62. The molecule has 1 aliphatic carbocycles. The molecule has 2 N–H and O–H groups in total. The molecule has 0 amide bonds. The van der Waals surface area contributed by atoms with Crippen LogP contribution in [0.5, 0.6) is 0 Å². The highest BCUT2D eigenvalue weighted by Crippen LogP contribution is 2.40. The van der Waals surface area contributed by atoms with Gasteiger partial charge in [0.25, 0.3) is 10.0 Å². The highest BCUT2D eigenvalue weighted by atomic mass is 35.5. The Morgan fingerprint density at radius 3 is 2.62 bits per heavy atom. The lowest BCUT2D eigenvalue weighted by molar-refractivity contribution is 0.0286. The van der Waals surface area contributed by atoms with Crippen LogP contribution in [0.2, 0.25) is 4.34 Å². The van der Waals surface area contributed by atoms with Crippen LogP contribution in [0.25, 0.3) is 0 Å². The zero-order valence-electron chi connectivity index (χ0n) is 10.9. The Bertz CT molecular complexity index is 705. The first-order valence-electron chi connectivity index (χ1n) is 6.45. The average Bonchev–Trinajstić information content (AvgIpc) is 3.03. The minimum Gasteiger partial charge on any atom is -0.393 e. The predicted octanol–water partition coefficient (Wildman–Crippen LogP) is 3.25. The zero-order chi connectivity index (χ0) is 15.0. The van der Waals surface area contributed by atoms with Crippen molar-refractivity contribution in [3.8, 4) is 0 Å². The van der Waals surface area contributed by atoms with Gasteiger partial charge in [0.2, 0.25) is 0 Å². The SMILES string of the molecule is O=S(=O)(N[C@H](c1cccs1)C1CC(O)C1)c1ccc(Cl)s1. The minimum absolute atomic E-state index is 0.129. The molecule has 2 heterocycles. The summed E-state index contributed by atoms with van der Waals surface area (Å²) in [5, 5.41) is 11.4. The number of nitrogens with one attached hydrogen (secondary N) is 1. The molecule has 1 fully saturated rings. The summed E-state index contributed by atoms with van der Waals surface area (Å²) in [5.74, 6) is 0.129.